The molecule has 2 aromatic rings. The molecule has 6 rings (SSSR count). The lowest BCUT2D eigenvalue weighted by molar-refractivity contribution is -0.133. The second-order valence-corrected chi connectivity index (χ2v) is 10.4. The number of fused-ring (bicyclic) bond motifs is 1. The average Bonchev–Trinajstić information content (AvgIpc) is 2.74. The molecule has 1 aromatic carbocycles. The predicted molar refractivity (Wildman–Crippen MR) is 129 cm³/mol. The molecule has 0 unspecified atom stereocenters. The van der Waals surface area contributed by atoms with Crippen LogP contribution in [0.5, 0.6) is 0 Å². The molecule has 4 saturated carbocycles. The number of carbonyl (C=O) groups is 2. The Balaban J connectivity index is 1.18. The summed E-state index contributed by atoms with van der Waals surface area (Å²) in [6, 6.07) is 9.78. The van der Waals surface area contributed by atoms with Gasteiger partial charge in [0, 0.05) is 18.4 Å². The van der Waals surface area contributed by atoms with Crippen LogP contribution in [0.25, 0.3) is 10.9 Å². The molecule has 4 aliphatic rings. The Morgan fingerprint density at radius 2 is 1.76 bits per heavy atom. The van der Waals surface area contributed by atoms with Crippen LogP contribution in [0.1, 0.15) is 51.4 Å². The van der Waals surface area contributed by atoms with Crippen molar-refractivity contribution >= 4 is 34.3 Å². The van der Waals surface area contributed by atoms with Gasteiger partial charge in [0.1, 0.15) is 12.4 Å². The summed E-state index contributed by atoms with van der Waals surface area (Å²) >= 11 is 0. The molecule has 0 atom stereocenters. The number of benzene rings is 1. The van der Waals surface area contributed by atoms with Crippen molar-refractivity contribution in [3.8, 4) is 0 Å². The quantitative estimate of drug-likeness (QED) is 0.401. The standard InChI is InChI=1S/C26H33N4O3/c31-24(15-26-12-17-9-18(13-26)11-19(10-17)14-26)30-22-4-1-3-21-20(22)5-6-23(29-21)28-8-2-7-27-16-25(32)33/h1,3-6,16-19,27H,2,7-15H2,(H,28,29)(H,30,31)(H,32,33). The molecule has 7 nitrogen and oxygen atoms in total. The molecule has 1 amide bonds. The number of pyridine rings is 1. The van der Waals surface area contributed by atoms with Crippen LogP contribution in [0.3, 0.4) is 0 Å². The van der Waals surface area contributed by atoms with Gasteiger partial charge in [0.15, 0.2) is 0 Å². The molecule has 4 fully saturated rings. The van der Waals surface area contributed by atoms with Crippen molar-refractivity contribution in [2.45, 2.75) is 51.4 Å². The van der Waals surface area contributed by atoms with Crippen molar-refractivity contribution in [2.75, 3.05) is 23.7 Å². The van der Waals surface area contributed by atoms with Crippen LogP contribution in [0.15, 0.2) is 30.3 Å². The summed E-state index contributed by atoms with van der Waals surface area (Å²) in [4.78, 5) is 28.2. The fourth-order valence-corrected chi connectivity index (χ4v) is 6.97. The molecule has 7 heteroatoms. The molecule has 0 spiro atoms. The van der Waals surface area contributed by atoms with Gasteiger partial charge in [-0.15, -0.1) is 0 Å². The third-order valence-electron chi connectivity index (χ3n) is 7.74. The molecule has 175 valence electrons. The Morgan fingerprint density at radius 3 is 2.45 bits per heavy atom. The van der Waals surface area contributed by atoms with Crippen molar-refractivity contribution in [3.63, 3.8) is 0 Å². The topological polar surface area (TPSA) is 103 Å². The van der Waals surface area contributed by atoms with E-state index in [1.807, 2.05) is 30.3 Å². The Kier molecular flexibility index (Phi) is 6.23. The van der Waals surface area contributed by atoms with Gasteiger partial charge in [-0.2, -0.15) is 0 Å². The summed E-state index contributed by atoms with van der Waals surface area (Å²) in [7, 11) is 0. The van der Waals surface area contributed by atoms with E-state index in [1.165, 1.54) is 38.5 Å². The molecule has 4 bridgehead atoms. The molecule has 0 aliphatic heterocycles. The molecule has 1 heterocycles. The lowest BCUT2D eigenvalue weighted by Gasteiger charge is -2.56. The highest BCUT2D eigenvalue weighted by atomic mass is 16.4. The predicted octanol–water partition coefficient (Wildman–Crippen LogP) is 4.42. The number of carboxylic acids is 1. The Morgan fingerprint density at radius 1 is 1.03 bits per heavy atom. The van der Waals surface area contributed by atoms with Gasteiger partial charge in [-0.1, -0.05) is 6.07 Å². The highest BCUT2D eigenvalue weighted by Gasteiger charge is 2.51. The Labute approximate surface area is 194 Å². The fourth-order valence-electron chi connectivity index (χ4n) is 6.97. The zero-order valence-corrected chi connectivity index (χ0v) is 19.0. The largest absolute Gasteiger partial charge is 0.480 e. The van der Waals surface area contributed by atoms with Gasteiger partial charge in [0.05, 0.1) is 11.2 Å². The number of hydrogen-bond acceptors (Lipinski definition) is 5. The molecular formula is C26H33N4O3. The van der Waals surface area contributed by atoms with Crippen LogP contribution in [-0.2, 0) is 9.59 Å². The minimum absolute atomic E-state index is 0.136. The van der Waals surface area contributed by atoms with Crippen LogP contribution >= 0.6 is 0 Å². The van der Waals surface area contributed by atoms with Gasteiger partial charge in [-0.25, -0.2) is 4.98 Å². The van der Waals surface area contributed by atoms with E-state index in [9.17, 15) is 9.59 Å². The second-order valence-electron chi connectivity index (χ2n) is 10.4. The number of aliphatic carboxylic acids is 1. The summed E-state index contributed by atoms with van der Waals surface area (Å²) in [5.74, 6) is 2.48. The van der Waals surface area contributed by atoms with Crippen molar-refractivity contribution in [1.82, 2.24) is 10.3 Å². The van der Waals surface area contributed by atoms with Crippen LogP contribution < -0.4 is 16.0 Å². The number of rotatable bonds is 10. The van der Waals surface area contributed by atoms with Gasteiger partial charge in [-0.3, -0.25) is 9.59 Å². The lowest BCUT2D eigenvalue weighted by atomic mass is 9.49. The molecule has 0 saturated heterocycles. The number of nitrogens with zero attached hydrogens (tertiary/aromatic N) is 1. The van der Waals surface area contributed by atoms with Crippen LogP contribution in [-0.4, -0.2) is 35.1 Å². The van der Waals surface area contributed by atoms with E-state index in [2.05, 4.69) is 20.9 Å². The lowest BCUT2D eigenvalue weighted by Crippen LogP contribution is -2.47. The number of nitrogens with one attached hydrogen (secondary N) is 3. The maximum atomic E-state index is 13.1. The highest BCUT2D eigenvalue weighted by molar-refractivity contribution is 6.01. The first kappa shape index (κ1) is 22.1. The molecule has 1 radical (unpaired) electrons. The minimum atomic E-state index is -0.972. The zero-order valence-electron chi connectivity index (χ0n) is 19.0. The fraction of sp³-hybridized carbons (Fsp3) is 0.538. The first-order valence-electron chi connectivity index (χ1n) is 12.2. The van der Waals surface area contributed by atoms with E-state index < -0.39 is 5.97 Å². The number of aromatic nitrogens is 1. The summed E-state index contributed by atoms with van der Waals surface area (Å²) in [5.41, 5.74) is 1.90. The average molecular weight is 450 g/mol. The maximum Gasteiger partial charge on any atom is 0.322 e. The Bertz CT molecular complexity index is 1000. The van der Waals surface area contributed by atoms with E-state index in [0.29, 0.717) is 19.5 Å². The zero-order chi connectivity index (χ0) is 22.8. The summed E-state index contributed by atoms with van der Waals surface area (Å²) < 4.78 is 0. The van der Waals surface area contributed by atoms with E-state index in [0.717, 1.165) is 53.1 Å². The second kappa shape index (κ2) is 9.29. The number of carbonyl (C=O) groups excluding carboxylic acids is 1. The smallest absolute Gasteiger partial charge is 0.322 e. The normalized spacial score (nSPS) is 27.6. The van der Waals surface area contributed by atoms with E-state index in [1.54, 1.807) is 0 Å². The van der Waals surface area contributed by atoms with Crippen LogP contribution in [0.2, 0.25) is 0 Å². The third kappa shape index (κ3) is 5.13. The number of hydrogen-bond donors (Lipinski definition) is 4. The number of anilines is 2. The molecule has 4 N–H and O–H groups in total. The van der Waals surface area contributed by atoms with Crippen molar-refractivity contribution < 1.29 is 14.7 Å². The van der Waals surface area contributed by atoms with Crippen molar-refractivity contribution in [1.29, 1.82) is 0 Å². The third-order valence-corrected chi connectivity index (χ3v) is 7.74. The molecule has 4 aliphatic carbocycles. The van der Waals surface area contributed by atoms with Crippen molar-refractivity contribution in [2.24, 2.45) is 23.2 Å². The molecular weight excluding hydrogens is 416 g/mol. The number of carboxylic acid groups (broad SMARTS) is 1. The van der Waals surface area contributed by atoms with Gasteiger partial charge < -0.3 is 21.1 Å². The highest BCUT2D eigenvalue weighted by Crippen LogP contribution is 2.61. The molecule has 1 aromatic heterocycles. The first-order chi connectivity index (χ1) is 16.0. The van der Waals surface area contributed by atoms with Gasteiger partial charge in [-0.05, 0) is 98.9 Å². The Hall–Kier alpha value is -2.67. The SMILES string of the molecule is O=C(O)[CH]NCCCNc1ccc2c(NC(=O)CC34CC5CC(CC(C5)C3)C4)cccc2n1. The van der Waals surface area contributed by atoms with Crippen molar-refractivity contribution in [3.05, 3.63) is 36.9 Å². The van der Waals surface area contributed by atoms with Crippen LogP contribution in [0.4, 0.5) is 11.5 Å². The first-order valence-corrected chi connectivity index (χ1v) is 12.2. The van der Waals surface area contributed by atoms with E-state index in [4.69, 9.17) is 5.11 Å². The summed E-state index contributed by atoms with van der Waals surface area (Å²) in [6.45, 7) is 2.31. The summed E-state index contributed by atoms with van der Waals surface area (Å²) in [5, 5.41) is 18.7. The van der Waals surface area contributed by atoms with E-state index in [-0.39, 0.29) is 11.3 Å². The monoisotopic (exact) mass is 449 g/mol. The van der Waals surface area contributed by atoms with Gasteiger partial charge in [0.2, 0.25) is 5.91 Å². The van der Waals surface area contributed by atoms with Gasteiger partial charge in [0.25, 0.3) is 0 Å². The van der Waals surface area contributed by atoms with Gasteiger partial charge >= 0.3 is 5.97 Å². The molecule has 33 heavy (non-hydrogen) atoms. The van der Waals surface area contributed by atoms with E-state index >= 15 is 0 Å². The van der Waals surface area contributed by atoms with Crippen LogP contribution in [0, 0.1) is 29.7 Å². The number of amides is 1. The summed E-state index contributed by atoms with van der Waals surface area (Å²) in [6.07, 6.45) is 9.31. The maximum absolute atomic E-state index is 13.1. The minimum Gasteiger partial charge on any atom is -0.480 e.